The van der Waals surface area contributed by atoms with Crippen molar-refractivity contribution in [3.63, 3.8) is 0 Å². The molecule has 0 aromatic heterocycles. The number of esters is 1. The summed E-state index contributed by atoms with van der Waals surface area (Å²) in [4.78, 5) is 39.4. The van der Waals surface area contributed by atoms with Crippen LogP contribution in [0.15, 0.2) is 53.2 Å². The van der Waals surface area contributed by atoms with E-state index in [-0.39, 0.29) is 28.6 Å². The molecule has 0 unspecified atom stereocenters. The zero-order valence-electron chi connectivity index (χ0n) is 17.1. The number of hydrogen-bond donors (Lipinski definition) is 1. The minimum absolute atomic E-state index is 0.0236. The van der Waals surface area contributed by atoms with Crippen LogP contribution in [0.3, 0.4) is 0 Å². The van der Waals surface area contributed by atoms with Gasteiger partial charge in [0.2, 0.25) is 0 Å². The van der Waals surface area contributed by atoms with E-state index < -0.39 is 17.8 Å². The Bertz CT molecular complexity index is 1050. The van der Waals surface area contributed by atoms with Gasteiger partial charge in [0.15, 0.2) is 0 Å². The van der Waals surface area contributed by atoms with E-state index in [2.05, 4.69) is 5.32 Å². The van der Waals surface area contributed by atoms with Gasteiger partial charge in [-0.05, 0) is 49.6 Å². The Kier molecular flexibility index (Phi) is 6.57. The van der Waals surface area contributed by atoms with Crippen LogP contribution in [0.5, 0.6) is 0 Å². The standard InChI is InChI=1S/C23H23ClN2O4/c1-4-5-12-30-23(29)16-8-6-7-9-18(16)26-21(27)19(24)20(22(26)28)25-17-13-14(2)10-11-15(17)3/h6-11,13,25H,4-5,12H2,1-3H3. The molecule has 0 fully saturated rings. The third-order valence-electron chi connectivity index (χ3n) is 4.78. The molecule has 6 nitrogen and oxygen atoms in total. The number of para-hydroxylation sites is 1. The number of halogens is 1. The highest BCUT2D eigenvalue weighted by Crippen LogP contribution is 2.33. The van der Waals surface area contributed by atoms with Crippen LogP contribution in [0.25, 0.3) is 0 Å². The van der Waals surface area contributed by atoms with Crippen molar-refractivity contribution in [2.45, 2.75) is 33.6 Å². The average molecular weight is 427 g/mol. The maximum Gasteiger partial charge on any atom is 0.340 e. The normalized spacial score (nSPS) is 13.8. The van der Waals surface area contributed by atoms with Crippen molar-refractivity contribution in [3.05, 3.63) is 69.9 Å². The number of anilines is 2. The quantitative estimate of drug-likeness (QED) is 0.394. The number of carbonyl (C=O) groups is 3. The van der Waals surface area contributed by atoms with Gasteiger partial charge in [0.1, 0.15) is 10.7 Å². The number of nitrogens with zero attached hydrogens (tertiary/aromatic N) is 1. The Morgan fingerprint density at radius 3 is 2.57 bits per heavy atom. The Hall–Kier alpha value is -3.12. The van der Waals surface area contributed by atoms with Crippen LogP contribution in [-0.4, -0.2) is 24.4 Å². The van der Waals surface area contributed by atoms with E-state index in [1.54, 1.807) is 12.1 Å². The number of rotatable bonds is 7. The molecule has 30 heavy (non-hydrogen) atoms. The van der Waals surface area contributed by atoms with Gasteiger partial charge >= 0.3 is 5.97 Å². The Labute approximate surface area is 180 Å². The lowest BCUT2D eigenvalue weighted by Crippen LogP contribution is -2.33. The van der Waals surface area contributed by atoms with Crippen molar-refractivity contribution in [3.8, 4) is 0 Å². The second-order valence-electron chi connectivity index (χ2n) is 7.08. The summed E-state index contributed by atoms with van der Waals surface area (Å²) in [7, 11) is 0. The molecule has 2 aromatic rings. The maximum absolute atomic E-state index is 13.1. The smallest absolute Gasteiger partial charge is 0.340 e. The first-order valence-corrected chi connectivity index (χ1v) is 10.1. The van der Waals surface area contributed by atoms with Crippen LogP contribution >= 0.6 is 11.6 Å². The van der Waals surface area contributed by atoms with Gasteiger partial charge in [-0.15, -0.1) is 0 Å². The molecule has 156 valence electrons. The molecule has 0 bridgehead atoms. The lowest BCUT2D eigenvalue weighted by atomic mass is 10.1. The molecule has 0 spiro atoms. The molecule has 7 heteroatoms. The molecule has 1 heterocycles. The summed E-state index contributed by atoms with van der Waals surface area (Å²) in [5.74, 6) is -1.91. The lowest BCUT2D eigenvalue weighted by molar-refractivity contribution is -0.120. The number of unbranched alkanes of at least 4 members (excludes halogenated alkanes) is 1. The molecule has 0 radical (unpaired) electrons. The topological polar surface area (TPSA) is 75.7 Å². The number of benzene rings is 2. The maximum atomic E-state index is 13.1. The molecule has 0 saturated heterocycles. The van der Waals surface area contributed by atoms with E-state index in [9.17, 15) is 14.4 Å². The van der Waals surface area contributed by atoms with E-state index in [4.69, 9.17) is 16.3 Å². The molecular formula is C23H23ClN2O4. The highest BCUT2D eigenvalue weighted by atomic mass is 35.5. The molecule has 3 rings (SSSR count). The van der Waals surface area contributed by atoms with Crippen molar-refractivity contribution < 1.29 is 19.1 Å². The van der Waals surface area contributed by atoms with Crippen LogP contribution in [0, 0.1) is 13.8 Å². The number of amides is 2. The highest BCUT2D eigenvalue weighted by molar-refractivity contribution is 6.53. The van der Waals surface area contributed by atoms with Crippen LogP contribution < -0.4 is 10.2 Å². The van der Waals surface area contributed by atoms with Crippen molar-refractivity contribution in [2.24, 2.45) is 0 Å². The fraction of sp³-hybridized carbons (Fsp3) is 0.261. The van der Waals surface area contributed by atoms with E-state index in [1.165, 1.54) is 12.1 Å². The predicted octanol–water partition coefficient (Wildman–Crippen LogP) is 4.70. The predicted molar refractivity (Wildman–Crippen MR) is 117 cm³/mol. The monoisotopic (exact) mass is 426 g/mol. The summed E-state index contributed by atoms with van der Waals surface area (Å²) in [6, 6.07) is 12.1. The van der Waals surface area contributed by atoms with Gasteiger partial charge in [-0.3, -0.25) is 9.59 Å². The van der Waals surface area contributed by atoms with Crippen molar-refractivity contribution in [1.82, 2.24) is 0 Å². The van der Waals surface area contributed by atoms with Gasteiger partial charge in [0.05, 0.1) is 17.9 Å². The summed E-state index contributed by atoms with van der Waals surface area (Å²) < 4.78 is 5.27. The third-order valence-corrected chi connectivity index (χ3v) is 5.13. The van der Waals surface area contributed by atoms with Crippen LogP contribution in [0.4, 0.5) is 11.4 Å². The van der Waals surface area contributed by atoms with Crippen molar-refractivity contribution in [2.75, 3.05) is 16.8 Å². The summed E-state index contributed by atoms with van der Waals surface area (Å²) >= 11 is 6.23. The lowest BCUT2D eigenvalue weighted by Gasteiger charge is -2.18. The van der Waals surface area contributed by atoms with Gasteiger partial charge in [-0.2, -0.15) is 0 Å². The summed E-state index contributed by atoms with van der Waals surface area (Å²) in [5.41, 5.74) is 2.82. The molecule has 0 aliphatic carbocycles. The number of carbonyl (C=O) groups excluding carboxylic acids is 3. The van der Waals surface area contributed by atoms with Crippen molar-refractivity contribution in [1.29, 1.82) is 0 Å². The number of aryl methyl sites for hydroxylation is 2. The molecule has 1 aliphatic rings. The molecule has 1 aliphatic heterocycles. The fourth-order valence-corrected chi connectivity index (χ4v) is 3.28. The SMILES string of the molecule is CCCCOC(=O)c1ccccc1N1C(=O)C(Cl)=C(Nc2cc(C)ccc2C)C1=O. The van der Waals surface area contributed by atoms with E-state index in [0.717, 1.165) is 28.9 Å². The van der Waals surface area contributed by atoms with Crippen molar-refractivity contribution >= 4 is 40.8 Å². The van der Waals surface area contributed by atoms with Crippen LogP contribution in [-0.2, 0) is 14.3 Å². The molecule has 1 N–H and O–H groups in total. The Balaban J connectivity index is 1.91. The Morgan fingerprint density at radius 2 is 1.83 bits per heavy atom. The number of hydrogen-bond acceptors (Lipinski definition) is 5. The van der Waals surface area contributed by atoms with Gasteiger partial charge in [-0.1, -0.05) is 49.2 Å². The first-order chi connectivity index (χ1) is 14.3. The molecule has 0 saturated carbocycles. The molecule has 0 atom stereocenters. The highest BCUT2D eigenvalue weighted by Gasteiger charge is 2.40. The van der Waals surface area contributed by atoms with E-state index >= 15 is 0 Å². The third kappa shape index (κ3) is 4.24. The minimum Gasteiger partial charge on any atom is -0.462 e. The molecule has 2 aromatic carbocycles. The zero-order chi connectivity index (χ0) is 21.8. The summed E-state index contributed by atoms with van der Waals surface area (Å²) in [6.45, 7) is 6.07. The van der Waals surface area contributed by atoms with Crippen LogP contribution in [0.2, 0.25) is 0 Å². The second-order valence-corrected chi connectivity index (χ2v) is 7.46. The fourth-order valence-electron chi connectivity index (χ4n) is 3.06. The summed E-state index contributed by atoms with van der Waals surface area (Å²) in [6.07, 6.45) is 1.61. The number of ether oxygens (including phenoxy) is 1. The van der Waals surface area contributed by atoms with E-state index in [1.807, 2.05) is 39.0 Å². The first kappa shape index (κ1) is 21.6. The second kappa shape index (κ2) is 9.13. The minimum atomic E-state index is -0.691. The number of imide groups is 1. The van der Waals surface area contributed by atoms with Crippen LogP contribution in [0.1, 0.15) is 41.3 Å². The van der Waals surface area contributed by atoms with Gasteiger partial charge in [0.25, 0.3) is 11.8 Å². The van der Waals surface area contributed by atoms with E-state index in [0.29, 0.717) is 5.69 Å². The summed E-state index contributed by atoms with van der Waals surface area (Å²) in [5, 5.41) is 2.76. The van der Waals surface area contributed by atoms with Gasteiger partial charge in [-0.25, -0.2) is 9.69 Å². The average Bonchev–Trinajstić information content (AvgIpc) is 2.94. The van der Waals surface area contributed by atoms with Gasteiger partial charge < -0.3 is 10.1 Å². The first-order valence-electron chi connectivity index (χ1n) is 9.74. The van der Waals surface area contributed by atoms with Gasteiger partial charge in [0, 0.05) is 5.69 Å². The largest absolute Gasteiger partial charge is 0.462 e. The molecular weight excluding hydrogens is 404 g/mol. The number of nitrogens with one attached hydrogen (secondary N) is 1. The Morgan fingerprint density at radius 1 is 1.10 bits per heavy atom. The molecule has 2 amide bonds. The zero-order valence-corrected chi connectivity index (χ0v) is 17.9.